The molecule has 0 bridgehead atoms. The first-order valence-electron chi connectivity index (χ1n) is 14.3. The summed E-state index contributed by atoms with van der Waals surface area (Å²) >= 11 is 1.03. The van der Waals surface area contributed by atoms with Crippen LogP contribution in [-0.2, 0) is 14.4 Å². The van der Waals surface area contributed by atoms with Gasteiger partial charge in [0.25, 0.3) is 0 Å². The number of nitrogens with one attached hydrogen (secondary N) is 1. The van der Waals surface area contributed by atoms with Gasteiger partial charge in [-0.3, -0.25) is 9.59 Å². The molecule has 36 heavy (non-hydrogen) atoms. The van der Waals surface area contributed by atoms with Gasteiger partial charge in [0.05, 0.1) is 6.10 Å². The smallest absolute Gasteiger partial charge is 0.327 e. The number of thioether (sulfide) groups is 1. The molecule has 10 atom stereocenters. The molecular weight excluding hydrogens is 474 g/mol. The van der Waals surface area contributed by atoms with Gasteiger partial charge in [-0.25, -0.2) is 4.79 Å². The van der Waals surface area contributed by atoms with Crippen LogP contribution in [0.15, 0.2) is 0 Å². The van der Waals surface area contributed by atoms with Crippen LogP contribution in [0.1, 0.15) is 98.3 Å². The second-order valence-corrected chi connectivity index (χ2v) is 14.2. The van der Waals surface area contributed by atoms with Crippen LogP contribution in [0.5, 0.6) is 0 Å². The van der Waals surface area contributed by atoms with Gasteiger partial charge in [0, 0.05) is 19.1 Å². The van der Waals surface area contributed by atoms with Crippen molar-refractivity contribution < 1.29 is 24.6 Å². The summed E-state index contributed by atoms with van der Waals surface area (Å²) in [6.45, 7) is 8.70. The zero-order valence-electron chi connectivity index (χ0n) is 22.6. The molecule has 7 heteroatoms. The SMILES string of the molecule is CC(=O)N[C@@H](CSC(=O)CC[C@@H](C)[C@H]1CC[C@H]2[C@@H]3CCC4C[C@H](O)CC[C@]4(C)[C@H]3CC[C@]12C)C(=O)O. The number of carboxylic acids is 1. The Morgan fingerprint density at radius 3 is 2.39 bits per heavy atom. The number of amides is 1. The van der Waals surface area contributed by atoms with Gasteiger partial charge >= 0.3 is 5.97 Å². The number of carbonyl (C=O) groups is 3. The summed E-state index contributed by atoms with van der Waals surface area (Å²) in [7, 11) is 0. The molecule has 6 nitrogen and oxygen atoms in total. The quantitative estimate of drug-likeness (QED) is 0.402. The van der Waals surface area contributed by atoms with Crippen LogP contribution >= 0.6 is 11.8 Å². The average molecular weight is 522 g/mol. The van der Waals surface area contributed by atoms with Crippen LogP contribution in [0.4, 0.5) is 0 Å². The highest BCUT2D eigenvalue weighted by molar-refractivity contribution is 8.13. The third-order valence-electron chi connectivity index (χ3n) is 11.3. The fraction of sp³-hybridized carbons (Fsp3) is 0.897. The van der Waals surface area contributed by atoms with E-state index in [9.17, 15) is 24.6 Å². The maximum atomic E-state index is 12.6. The predicted octanol–water partition coefficient (Wildman–Crippen LogP) is 5.27. The summed E-state index contributed by atoms with van der Waals surface area (Å²) in [6, 6.07) is -1.03. The standard InChI is InChI=1S/C29H47NO5S/c1-17(5-10-26(33)36-16-25(27(34)35)30-18(2)31)22-8-9-23-21-7-6-19-15-20(32)11-13-28(19,3)24(21)12-14-29(22,23)4/h17,19-25,32H,5-16H2,1-4H3,(H,30,31)(H,34,35)/t17-,19?,20-,21+,22-,23+,24+,25+,28+,29-/m1/s1. The topological polar surface area (TPSA) is 104 Å². The minimum atomic E-state index is -1.10. The van der Waals surface area contributed by atoms with Gasteiger partial charge < -0.3 is 15.5 Å². The molecule has 3 N–H and O–H groups in total. The number of hydrogen-bond acceptors (Lipinski definition) is 5. The Kier molecular flexibility index (Phi) is 8.50. The molecule has 204 valence electrons. The summed E-state index contributed by atoms with van der Waals surface area (Å²) in [5.41, 5.74) is 0.760. The third kappa shape index (κ3) is 5.39. The zero-order chi connectivity index (χ0) is 26.3. The van der Waals surface area contributed by atoms with E-state index < -0.39 is 17.9 Å². The molecule has 0 heterocycles. The molecule has 0 aliphatic heterocycles. The number of aliphatic hydroxyl groups excluding tert-OH is 1. The maximum Gasteiger partial charge on any atom is 0.327 e. The van der Waals surface area contributed by atoms with E-state index in [4.69, 9.17) is 0 Å². The van der Waals surface area contributed by atoms with Crippen LogP contribution in [0.25, 0.3) is 0 Å². The summed E-state index contributed by atoms with van der Waals surface area (Å²) in [5.74, 6) is 2.79. The van der Waals surface area contributed by atoms with Crippen molar-refractivity contribution in [3.05, 3.63) is 0 Å². The molecule has 4 aliphatic rings. The van der Waals surface area contributed by atoms with Crippen LogP contribution in [0.2, 0.25) is 0 Å². The van der Waals surface area contributed by atoms with E-state index in [-0.39, 0.29) is 17.0 Å². The van der Waals surface area contributed by atoms with E-state index in [0.29, 0.717) is 35.0 Å². The summed E-state index contributed by atoms with van der Waals surface area (Å²) < 4.78 is 0. The lowest BCUT2D eigenvalue weighted by molar-refractivity contribution is -0.140. The van der Waals surface area contributed by atoms with E-state index in [1.807, 2.05) is 0 Å². The molecule has 0 aromatic heterocycles. The van der Waals surface area contributed by atoms with Gasteiger partial charge in [-0.15, -0.1) is 0 Å². The molecule has 1 amide bonds. The number of aliphatic carboxylic acids is 1. The molecule has 4 rings (SSSR count). The summed E-state index contributed by atoms with van der Waals surface area (Å²) in [6.07, 6.45) is 12.2. The second kappa shape index (κ2) is 11.0. The number of hydrogen-bond donors (Lipinski definition) is 3. The maximum absolute atomic E-state index is 12.6. The minimum absolute atomic E-state index is 0.0209. The van der Waals surface area contributed by atoms with Crippen LogP contribution in [-0.4, -0.2) is 45.1 Å². The van der Waals surface area contributed by atoms with Crippen LogP contribution < -0.4 is 5.32 Å². The molecule has 4 aliphatic carbocycles. The lowest BCUT2D eigenvalue weighted by Gasteiger charge is -2.61. The van der Waals surface area contributed by atoms with Crippen molar-refractivity contribution in [1.82, 2.24) is 5.32 Å². The van der Waals surface area contributed by atoms with E-state index in [2.05, 4.69) is 26.1 Å². The zero-order valence-corrected chi connectivity index (χ0v) is 23.4. The van der Waals surface area contributed by atoms with Crippen molar-refractivity contribution >= 4 is 28.8 Å². The first-order valence-corrected chi connectivity index (χ1v) is 15.3. The second-order valence-electron chi connectivity index (χ2n) is 13.1. The number of carboxylic acid groups (broad SMARTS) is 1. The van der Waals surface area contributed by atoms with Gasteiger partial charge in [-0.05, 0) is 111 Å². The highest BCUT2D eigenvalue weighted by Crippen LogP contribution is 2.68. The van der Waals surface area contributed by atoms with Crippen molar-refractivity contribution in [3.63, 3.8) is 0 Å². The number of carbonyl (C=O) groups excluding carboxylic acids is 2. The lowest BCUT2D eigenvalue weighted by Crippen LogP contribution is -2.54. The van der Waals surface area contributed by atoms with Gasteiger partial charge in [-0.1, -0.05) is 32.5 Å². The highest BCUT2D eigenvalue weighted by atomic mass is 32.2. The Bertz CT molecular complexity index is 850. The van der Waals surface area contributed by atoms with Crippen molar-refractivity contribution in [3.8, 4) is 0 Å². The highest BCUT2D eigenvalue weighted by Gasteiger charge is 2.60. The Balaban J connectivity index is 1.32. The van der Waals surface area contributed by atoms with Crippen molar-refractivity contribution in [1.29, 1.82) is 0 Å². The lowest BCUT2D eigenvalue weighted by atomic mass is 9.44. The third-order valence-corrected chi connectivity index (χ3v) is 12.3. The van der Waals surface area contributed by atoms with Crippen molar-refractivity contribution in [2.24, 2.45) is 46.3 Å². The van der Waals surface area contributed by atoms with Crippen LogP contribution in [0.3, 0.4) is 0 Å². The van der Waals surface area contributed by atoms with E-state index in [1.54, 1.807) is 0 Å². The molecule has 0 saturated heterocycles. The largest absolute Gasteiger partial charge is 0.480 e. The fourth-order valence-corrected chi connectivity index (χ4v) is 10.3. The molecular formula is C29H47NO5S. The van der Waals surface area contributed by atoms with E-state index in [0.717, 1.165) is 48.8 Å². The normalized spacial score (nSPS) is 41.4. The first-order chi connectivity index (χ1) is 17.0. The van der Waals surface area contributed by atoms with E-state index >= 15 is 0 Å². The Hall–Kier alpha value is -1.08. The molecule has 1 unspecified atom stereocenters. The first kappa shape index (κ1) is 27.9. The van der Waals surface area contributed by atoms with Crippen molar-refractivity contribution in [2.75, 3.05) is 5.75 Å². The summed E-state index contributed by atoms with van der Waals surface area (Å²) in [5, 5.41) is 22.0. The van der Waals surface area contributed by atoms with Crippen molar-refractivity contribution in [2.45, 2.75) is 110 Å². The molecule has 0 spiro atoms. The van der Waals surface area contributed by atoms with Crippen LogP contribution in [0, 0.1) is 46.3 Å². The van der Waals surface area contributed by atoms with Gasteiger partial charge in [-0.2, -0.15) is 0 Å². The van der Waals surface area contributed by atoms with E-state index in [1.165, 1.54) is 51.9 Å². The Morgan fingerprint density at radius 1 is 1.00 bits per heavy atom. The molecule has 0 aromatic carbocycles. The minimum Gasteiger partial charge on any atom is -0.480 e. The van der Waals surface area contributed by atoms with Gasteiger partial charge in [0.2, 0.25) is 5.91 Å². The number of rotatable bonds is 8. The predicted molar refractivity (Wildman–Crippen MR) is 142 cm³/mol. The Morgan fingerprint density at radius 2 is 1.69 bits per heavy atom. The van der Waals surface area contributed by atoms with Gasteiger partial charge in [0.15, 0.2) is 5.12 Å². The Labute approximate surface area is 221 Å². The fourth-order valence-electron chi connectivity index (χ4n) is 9.43. The molecule has 0 radical (unpaired) electrons. The average Bonchev–Trinajstić information content (AvgIpc) is 3.17. The molecule has 4 saturated carbocycles. The monoisotopic (exact) mass is 521 g/mol. The number of aliphatic hydroxyl groups is 1. The summed E-state index contributed by atoms with van der Waals surface area (Å²) in [4.78, 5) is 35.1. The molecule has 0 aromatic rings. The molecule has 4 fully saturated rings. The van der Waals surface area contributed by atoms with Gasteiger partial charge in [0.1, 0.15) is 6.04 Å². The number of fused-ring (bicyclic) bond motifs is 5.